The van der Waals surface area contributed by atoms with E-state index in [0.29, 0.717) is 0 Å². The van der Waals surface area contributed by atoms with Crippen LogP contribution in [0.4, 0.5) is 0 Å². The molecule has 2 rings (SSSR count). The fraction of sp³-hybridized carbons (Fsp3) is 0.312. The van der Waals surface area contributed by atoms with Crippen LogP contribution < -0.4 is 14.8 Å². The molecule has 4 nitrogen and oxygen atoms in total. The predicted molar refractivity (Wildman–Crippen MR) is 79.3 cm³/mol. The van der Waals surface area contributed by atoms with Gasteiger partial charge in [0.2, 0.25) is 0 Å². The molecule has 0 fully saturated rings. The number of pyridine rings is 1. The average Bonchev–Trinajstić information content (AvgIpc) is 2.52. The SMILES string of the molecule is CCNC(c1cccnc1)c1c(OC)cccc1OC. The molecule has 20 heavy (non-hydrogen) atoms. The van der Waals surface area contributed by atoms with Crippen LogP contribution in [0.25, 0.3) is 0 Å². The van der Waals surface area contributed by atoms with Gasteiger partial charge in [-0.15, -0.1) is 0 Å². The van der Waals surface area contributed by atoms with Crippen molar-refractivity contribution in [2.45, 2.75) is 13.0 Å². The van der Waals surface area contributed by atoms with Crippen molar-refractivity contribution in [1.29, 1.82) is 0 Å². The number of ether oxygens (including phenoxy) is 2. The molecule has 0 radical (unpaired) electrons. The molecular formula is C16H20N2O2. The Kier molecular flexibility index (Phi) is 4.96. The fourth-order valence-corrected chi connectivity index (χ4v) is 2.30. The van der Waals surface area contributed by atoms with Crippen LogP contribution in [0.3, 0.4) is 0 Å². The second-order valence-electron chi connectivity index (χ2n) is 4.35. The largest absolute Gasteiger partial charge is 0.496 e. The molecule has 0 bridgehead atoms. The molecule has 0 spiro atoms. The van der Waals surface area contributed by atoms with Crippen LogP contribution in [-0.2, 0) is 0 Å². The Labute approximate surface area is 119 Å². The maximum Gasteiger partial charge on any atom is 0.127 e. The van der Waals surface area contributed by atoms with Gasteiger partial charge in [0.15, 0.2) is 0 Å². The lowest BCUT2D eigenvalue weighted by atomic mass is 9.98. The molecule has 0 saturated carbocycles. The van der Waals surface area contributed by atoms with Crippen molar-refractivity contribution >= 4 is 0 Å². The first-order valence-electron chi connectivity index (χ1n) is 6.66. The average molecular weight is 272 g/mol. The zero-order valence-electron chi connectivity index (χ0n) is 12.1. The minimum atomic E-state index is -0.0141. The number of nitrogens with zero attached hydrogens (tertiary/aromatic N) is 1. The highest BCUT2D eigenvalue weighted by atomic mass is 16.5. The summed E-state index contributed by atoms with van der Waals surface area (Å²) in [5.41, 5.74) is 2.07. The van der Waals surface area contributed by atoms with Gasteiger partial charge in [-0.25, -0.2) is 0 Å². The Morgan fingerprint density at radius 2 is 1.80 bits per heavy atom. The van der Waals surface area contributed by atoms with Crippen LogP contribution in [0.2, 0.25) is 0 Å². The highest BCUT2D eigenvalue weighted by Gasteiger charge is 2.21. The fourth-order valence-electron chi connectivity index (χ4n) is 2.30. The van der Waals surface area contributed by atoms with Gasteiger partial charge in [0.25, 0.3) is 0 Å². The van der Waals surface area contributed by atoms with E-state index in [1.54, 1.807) is 20.4 Å². The molecule has 106 valence electrons. The lowest BCUT2D eigenvalue weighted by molar-refractivity contribution is 0.377. The van der Waals surface area contributed by atoms with Crippen molar-refractivity contribution in [3.63, 3.8) is 0 Å². The molecule has 0 aliphatic rings. The molecule has 1 unspecified atom stereocenters. The summed E-state index contributed by atoms with van der Waals surface area (Å²) in [6.45, 7) is 2.91. The number of hydrogen-bond donors (Lipinski definition) is 1. The van der Waals surface area contributed by atoms with E-state index in [2.05, 4.69) is 17.2 Å². The van der Waals surface area contributed by atoms with Gasteiger partial charge in [0.1, 0.15) is 11.5 Å². The number of benzene rings is 1. The van der Waals surface area contributed by atoms with Crippen LogP contribution in [0.5, 0.6) is 11.5 Å². The van der Waals surface area contributed by atoms with Crippen LogP contribution >= 0.6 is 0 Å². The number of aromatic nitrogens is 1. The molecule has 0 aliphatic heterocycles. The van der Waals surface area contributed by atoms with Crippen molar-refractivity contribution in [3.05, 3.63) is 53.9 Å². The van der Waals surface area contributed by atoms with Crippen LogP contribution in [0.1, 0.15) is 24.1 Å². The topological polar surface area (TPSA) is 43.4 Å². The molecule has 1 atom stereocenters. The Bertz CT molecular complexity index is 521. The maximum atomic E-state index is 5.50. The predicted octanol–water partition coefficient (Wildman–Crippen LogP) is 2.80. The summed E-state index contributed by atoms with van der Waals surface area (Å²) in [7, 11) is 3.34. The number of rotatable bonds is 6. The van der Waals surface area contributed by atoms with E-state index in [9.17, 15) is 0 Å². The van der Waals surface area contributed by atoms with Gasteiger partial charge in [0, 0.05) is 12.4 Å². The van der Waals surface area contributed by atoms with Gasteiger partial charge < -0.3 is 14.8 Å². The van der Waals surface area contributed by atoms with Gasteiger partial charge in [-0.1, -0.05) is 19.1 Å². The summed E-state index contributed by atoms with van der Waals surface area (Å²) in [6, 6.07) is 9.78. The highest BCUT2D eigenvalue weighted by Crippen LogP contribution is 2.36. The Hall–Kier alpha value is -2.07. The summed E-state index contributed by atoms with van der Waals surface area (Å²) in [5, 5.41) is 3.46. The molecule has 2 aromatic rings. The Morgan fingerprint density at radius 3 is 2.30 bits per heavy atom. The van der Waals surface area contributed by atoms with Crippen molar-refractivity contribution in [3.8, 4) is 11.5 Å². The minimum absolute atomic E-state index is 0.0141. The molecule has 4 heteroatoms. The molecule has 1 N–H and O–H groups in total. The summed E-state index contributed by atoms with van der Waals surface area (Å²) in [6.07, 6.45) is 3.63. The quantitative estimate of drug-likeness (QED) is 0.878. The summed E-state index contributed by atoms with van der Waals surface area (Å²) < 4.78 is 11.0. The number of methoxy groups -OCH3 is 2. The third-order valence-electron chi connectivity index (χ3n) is 3.18. The van der Waals surface area contributed by atoms with Gasteiger partial charge in [0.05, 0.1) is 25.8 Å². The van der Waals surface area contributed by atoms with E-state index in [1.165, 1.54) is 0 Å². The highest BCUT2D eigenvalue weighted by molar-refractivity contribution is 5.50. The molecule has 0 aliphatic carbocycles. The van der Waals surface area contributed by atoms with E-state index in [1.807, 2.05) is 36.5 Å². The molecule has 0 amide bonds. The first-order valence-corrected chi connectivity index (χ1v) is 6.66. The van der Waals surface area contributed by atoms with Crippen molar-refractivity contribution in [2.24, 2.45) is 0 Å². The Morgan fingerprint density at radius 1 is 1.10 bits per heavy atom. The molecule has 0 saturated heterocycles. The molecule has 1 aromatic heterocycles. The smallest absolute Gasteiger partial charge is 0.127 e. The van der Waals surface area contributed by atoms with Gasteiger partial charge in [-0.05, 0) is 30.3 Å². The third-order valence-corrected chi connectivity index (χ3v) is 3.18. The second-order valence-corrected chi connectivity index (χ2v) is 4.35. The monoisotopic (exact) mass is 272 g/mol. The molecule has 1 heterocycles. The molecular weight excluding hydrogens is 252 g/mol. The van der Waals surface area contributed by atoms with E-state index < -0.39 is 0 Å². The van der Waals surface area contributed by atoms with Crippen molar-refractivity contribution in [1.82, 2.24) is 10.3 Å². The second kappa shape index (κ2) is 6.91. The van der Waals surface area contributed by atoms with Gasteiger partial charge in [-0.2, -0.15) is 0 Å². The maximum absolute atomic E-state index is 5.50. The summed E-state index contributed by atoms with van der Waals surface area (Å²) in [5.74, 6) is 1.61. The Balaban J connectivity index is 2.54. The van der Waals surface area contributed by atoms with E-state index in [-0.39, 0.29) is 6.04 Å². The van der Waals surface area contributed by atoms with Crippen molar-refractivity contribution < 1.29 is 9.47 Å². The lowest BCUT2D eigenvalue weighted by Gasteiger charge is -2.23. The van der Waals surface area contributed by atoms with E-state index >= 15 is 0 Å². The lowest BCUT2D eigenvalue weighted by Crippen LogP contribution is -2.23. The zero-order valence-corrected chi connectivity index (χ0v) is 12.1. The summed E-state index contributed by atoms with van der Waals surface area (Å²) in [4.78, 5) is 4.20. The van der Waals surface area contributed by atoms with Crippen LogP contribution in [0.15, 0.2) is 42.7 Å². The van der Waals surface area contributed by atoms with E-state index in [4.69, 9.17) is 9.47 Å². The van der Waals surface area contributed by atoms with Crippen LogP contribution in [-0.4, -0.2) is 25.7 Å². The minimum Gasteiger partial charge on any atom is -0.496 e. The zero-order chi connectivity index (χ0) is 14.4. The first kappa shape index (κ1) is 14.3. The standard InChI is InChI=1S/C16H20N2O2/c1-4-18-16(12-7-6-10-17-11-12)15-13(19-2)8-5-9-14(15)20-3/h5-11,16,18H,4H2,1-3H3. The van der Waals surface area contributed by atoms with E-state index in [0.717, 1.165) is 29.2 Å². The summed E-state index contributed by atoms with van der Waals surface area (Å²) >= 11 is 0. The molecule has 1 aromatic carbocycles. The normalized spacial score (nSPS) is 11.9. The number of hydrogen-bond acceptors (Lipinski definition) is 4. The van der Waals surface area contributed by atoms with Gasteiger partial charge >= 0.3 is 0 Å². The van der Waals surface area contributed by atoms with Crippen LogP contribution in [0, 0.1) is 0 Å². The first-order chi connectivity index (χ1) is 9.81. The third kappa shape index (κ3) is 2.91. The van der Waals surface area contributed by atoms with Crippen molar-refractivity contribution in [2.75, 3.05) is 20.8 Å². The number of nitrogens with one attached hydrogen (secondary N) is 1. The van der Waals surface area contributed by atoms with Gasteiger partial charge in [-0.3, -0.25) is 4.98 Å².